The molecule has 1 atom stereocenters. The monoisotopic (exact) mass is 350 g/mol. The van der Waals surface area contributed by atoms with Crippen molar-refractivity contribution in [3.63, 3.8) is 0 Å². The Morgan fingerprint density at radius 2 is 1.88 bits per heavy atom. The summed E-state index contributed by atoms with van der Waals surface area (Å²) in [6, 6.07) is 11.4. The molecular weight excluding hydrogens is 328 g/mol. The molecule has 0 aliphatic heterocycles. The summed E-state index contributed by atoms with van der Waals surface area (Å²) in [7, 11) is -3.69. The second-order valence-corrected chi connectivity index (χ2v) is 7.36. The van der Waals surface area contributed by atoms with Crippen molar-refractivity contribution in [3.8, 4) is 0 Å². The molecule has 1 unspecified atom stereocenters. The lowest BCUT2D eigenvalue weighted by atomic mass is 10.1. The molecule has 0 saturated carbocycles. The van der Waals surface area contributed by atoms with Crippen molar-refractivity contribution < 1.29 is 13.5 Å². The van der Waals surface area contributed by atoms with Crippen LogP contribution in [0.25, 0.3) is 0 Å². The largest absolute Gasteiger partial charge is 0.390 e. The number of aryl methyl sites for hydroxylation is 1. The topological polar surface area (TPSA) is 88.4 Å². The maximum Gasteiger partial charge on any atom is 0.250 e. The minimum atomic E-state index is -3.69. The summed E-state index contributed by atoms with van der Waals surface area (Å²) in [6.45, 7) is 1.92. The van der Waals surface area contributed by atoms with Gasteiger partial charge in [-0.25, -0.2) is 13.1 Å². The molecule has 0 aliphatic rings. The van der Waals surface area contributed by atoms with Gasteiger partial charge in [0.1, 0.15) is 0 Å². The molecule has 130 valence electrons. The van der Waals surface area contributed by atoms with Gasteiger partial charge in [-0.3, -0.25) is 4.79 Å². The zero-order valence-electron chi connectivity index (χ0n) is 13.6. The van der Waals surface area contributed by atoms with Crippen LogP contribution in [-0.2, 0) is 23.0 Å². The number of nitrogens with one attached hydrogen (secondary N) is 1. The molecule has 0 spiro atoms. The van der Waals surface area contributed by atoms with Crippen molar-refractivity contribution in [3.05, 3.63) is 64.6 Å². The first-order valence-corrected chi connectivity index (χ1v) is 9.33. The number of rotatable bonds is 8. The van der Waals surface area contributed by atoms with Crippen LogP contribution in [0.3, 0.4) is 0 Å². The van der Waals surface area contributed by atoms with Crippen LogP contribution < -0.4 is 10.3 Å². The average Bonchev–Trinajstić information content (AvgIpc) is 2.56. The molecule has 0 fully saturated rings. The molecule has 1 aromatic carbocycles. The van der Waals surface area contributed by atoms with Crippen LogP contribution in [0.1, 0.15) is 18.9 Å². The van der Waals surface area contributed by atoms with E-state index in [1.165, 1.54) is 10.6 Å². The summed E-state index contributed by atoms with van der Waals surface area (Å²) in [6.07, 6.45) is 2.44. The third-order valence-corrected chi connectivity index (χ3v) is 5.03. The Morgan fingerprint density at radius 1 is 1.17 bits per heavy atom. The third-order valence-electron chi connectivity index (χ3n) is 3.59. The average molecular weight is 350 g/mol. The highest BCUT2D eigenvalue weighted by molar-refractivity contribution is 7.89. The number of benzene rings is 1. The first kappa shape index (κ1) is 18.4. The molecule has 0 radical (unpaired) electrons. The maximum absolute atomic E-state index is 12.2. The summed E-state index contributed by atoms with van der Waals surface area (Å²) in [5.74, 6) is 0. The summed E-state index contributed by atoms with van der Waals surface area (Å²) in [4.78, 5) is 11.7. The van der Waals surface area contributed by atoms with E-state index in [4.69, 9.17) is 0 Å². The Morgan fingerprint density at radius 3 is 2.50 bits per heavy atom. The predicted octanol–water partition coefficient (Wildman–Crippen LogP) is 1.14. The zero-order valence-corrected chi connectivity index (χ0v) is 14.4. The van der Waals surface area contributed by atoms with Gasteiger partial charge >= 0.3 is 0 Å². The summed E-state index contributed by atoms with van der Waals surface area (Å²) in [5.41, 5.74) is 0.839. The van der Waals surface area contributed by atoms with Gasteiger partial charge in [0.15, 0.2) is 0 Å². The van der Waals surface area contributed by atoms with Gasteiger partial charge < -0.3 is 9.67 Å². The van der Waals surface area contributed by atoms with Crippen molar-refractivity contribution in [1.82, 2.24) is 9.29 Å². The fraction of sp³-hybridized carbons (Fsp3) is 0.353. The third kappa shape index (κ3) is 5.02. The molecular formula is C17H22N2O4S. The van der Waals surface area contributed by atoms with Crippen LogP contribution in [0, 0.1) is 0 Å². The van der Waals surface area contributed by atoms with Gasteiger partial charge in [-0.15, -0.1) is 0 Å². The first-order chi connectivity index (χ1) is 11.4. The van der Waals surface area contributed by atoms with Crippen molar-refractivity contribution in [2.45, 2.75) is 37.3 Å². The number of hydrogen-bond acceptors (Lipinski definition) is 4. The van der Waals surface area contributed by atoms with Crippen molar-refractivity contribution in [2.24, 2.45) is 0 Å². The van der Waals surface area contributed by atoms with E-state index in [9.17, 15) is 18.3 Å². The standard InChI is InChI=1S/C17H22N2O4S/c1-2-5-14-7-9-16(10-8-14)24(22,23)18-12-15(20)13-19-11-4-3-6-17(19)21/h3-4,6-11,15,18,20H,2,5,12-13H2,1H3. The Labute approximate surface area is 141 Å². The van der Waals surface area contributed by atoms with E-state index in [0.29, 0.717) is 0 Å². The van der Waals surface area contributed by atoms with E-state index in [-0.39, 0.29) is 23.5 Å². The molecule has 1 aromatic heterocycles. The van der Waals surface area contributed by atoms with Crippen LogP contribution >= 0.6 is 0 Å². The van der Waals surface area contributed by atoms with Gasteiger partial charge in [0.2, 0.25) is 10.0 Å². The van der Waals surface area contributed by atoms with Crippen LogP contribution in [-0.4, -0.2) is 30.7 Å². The minimum Gasteiger partial charge on any atom is -0.390 e. The number of nitrogens with zero attached hydrogens (tertiary/aromatic N) is 1. The normalized spacial score (nSPS) is 12.9. The van der Waals surface area contributed by atoms with E-state index in [2.05, 4.69) is 11.6 Å². The molecule has 0 bridgehead atoms. The minimum absolute atomic E-state index is 0.0254. The highest BCUT2D eigenvalue weighted by Gasteiger charge is 2.16. The Balaban J connectivity index is 1.96. The molecule has 0 aliphatic carbocycles. The number of sulfonamides is 1. The highest BCUT2D eigenvalue weighted by Crippen LogP contribution is 2.11. The molecule has 0 amide bonds. The van der Waals surface area contributed by atoms with E-state index < -0.39 is 16.1 Å². The number of aliphatic hydroxyl groups excluding tert-OH is 1. The highest BCUT2D eigenvalue weighted by atomic mass is 32.2. The van der Waals surface area contributed by atoms with Crippen molar-refractivity contribution in [1.29, 1.82) is 0 Å². The fourth-order valence-corrected chi connectivity index (χ4v) is 3.39. The van der Waals surface area contributed by atoms with Crippen LogP contribution in [0.15, 0.2) is 58.4 Å². The predicted molar refractivity (Wildman–Crippen MR) is 92.3 cm³/mol. The number of pyridine rings is 1. The molecule has 1 heterocycles. The smallest absolute Gasteiger partial charge is 0.250 e. The number of aliphatic hydroxyl groups is 1. The lowest BCUT2D eigenvalue weighted by molar-refractivity contribution is 0.156. The van der Waals surface area contributed by atoms with Gasteiger partial charge in [0, 0.05) is 18.8 Å². The lowest BCUT2D eigenvalue weighted by Crippen LogP contribution is -2.36. The zero-order chi connectivity index (χ0) is 17.6. The number of aromatic nitrogens is 1. The van der Waals surface area contributed by atoms with Gasteiger partial charge in [-0.05, 0) is 30.2 Å². The fourth-order valence-electron chi connectivity index (χ4n) is 2.32. The molecule has 24 heavy (non-hydrogen) atoms. The molecule has 2 rings (SSSR count). The Bertz CT molecular complexity index is 813. The van der Waals surface area contributed by atoms with E-state index in [1.807, 2.05) is 0 Å². The molecule has 0 saturated heterocycles. The molecule has 2 N–H and O–H groups in total. The molecule has 2 aromatic rings. The van der Waals surface area contributed by atoms with Gasteiger partial charge in [0.25, 0.3) is 5.56 Å². The van der Waals surface area contributed by atoms with Crippen LogP contribution in [0.2, 0.25) is 0 Å². The van der Waals surface area contributed by atoms with Crippen LogP contribution in [0.4, 0.5) is 0 Å². The van der Waals surface area contributed by atoms with Gasteiger partial charge in [0.05, 0.1) is 17.5 Å². The van der Waals surface area contributed by atoms with E-state index >= 15 is 0 Å². The lowest BCUT2D eigenvalue weighted by Gasteiger charge is -2.14. The summed E-state index contributed by atoms with van der Waals surface area (Å²) in [5, 5.41) is 9.96. The SMILES string of the molecule is CCCc1ccc(S(=O)(=O)NCC(O)Cn2ccccc2=O)cc1. The van der Waals surface area contributed by atoms with Crippen molar-refractivity contribution in [2.75, 3.05) is 6.54 Å². The Kier molecular flexibility index (Phi) is 6.30. The quantitative estimate of drug-likeness (QED) is 0.747. The van der Waals surface area contributed by atoms with Crippen LogP contribution in [0.5, 0.6) is 0 Å². The summed E-state index contributed by atoms with van der Waals surface area (Å²) >= 11 is 0. The van der Waals surface area contributed by atoms with Gasteiger partial charge in [-0.1, -0.05) is 31.5 Å². The maximum atomic E-state index is 12.2. The van der Waals surface area contributed by atoms with E-state index in [1.54, 1.807) is 42.6 Å². The van der Waals surface area contributed by atoms with E-state index in [0.717, 1.165) is 18.4 Å². The molecule has 6 nitrogen and oxygen atoms in total. The summed E-state index contributed by atoms with van der Waals surface area (Å²) < 4.78 is 28.2. The first-order valence-electron chi connectivity index (χ1n) is 7.84. The van der Waals surface area contributed by atoms with Gasteiger partial charge in [-0.2, -0.15) is 0 Å². The van der Waals surface area contributed by atoms with Crippen molar-refractivity contribution >= 4 is 10.0 Å². The second-order valence-electron chi connectivity index (χ2n) is 5.59. The molecule has 7 heteroatoms. The Hall–Kier alpha value is -1.96. The number of hydrogen-bond donors (Lipinski definition) is 2. The second kappa shape index (κ2) is 8.23.